The highest BCUT2D eigenvalue weighted by atomic mass is 16.4. The second-order valence-electron chi connectivity index (χ2n) is 3.34. The minimum absolute atomic E-state index is 0.175. The van der Waals surface area contributed by atoms with Crippen molar-refractivity contribution in [3.05, 3.63) is 17.8 Å². The van der Waals surface area contributed by atoms with Crippen LogP contribution in [0.1, 0.15) is 16.9 Å². The van der Waals surface area contributed by atoms with E-state index in [-0.39, 0.29) is 30.4 Å². The molecule has 0 atom stereocenters. The van der Waals surface area contributed by atoms with Gasteiger partial charge in [0.05, 0.1) is 0 Å². The number of carbonyl (C=O) groups excluding carboxylic acids is 2. The van der Waals surface area contributed by atoms with Crippen LogP contribution in [0.3, 0.4) is 0 Å². The molecular weight excluding hydrogens is 228 g/mol. The first-order valence-corrected chi connectivity index (χ1v) is 4.76. The predicted molar refractivity (Wildman–Crippen MR) is 54.5 cm³/mol. The van der Waals surface area contributed by atoms with E-state index in [0.29, 0.717) is 0 Å². The molecule has 1 aliphatic rings. The highest BCUT2D eigenvalue weighted by Gasteiger charge is 2.25. The molecule has 0 aliphatic carbocycles. The maximum atomic E-state index is 11.4. The molecule has 1 aromatic heterocycles. The number of imide groups is 1. The van der Waals surface area contributed by atoms with Crippen LogP contribution in [0.2, 0.25) is 0 Å². The van der Waals surface area contributed by atoms with Gasteiger partial charge in [0, 0.05) is 13.0 Å². The Morgan fingerprint density at radius 1 is 1.35 bits per heavy atom. The number of carboxylic acid groups (broad SMARTS) is 1. The van der Waals surface area contributed by atoms with Gasteiger partial charge >= 0.3 is 12.0 Å². The summed E-state index contributed by atoms with van der Waals surface area (Å²) >= 11 is 0. The summed E-state index contributed by atoms with van der Waals surface area (Å²) in [6, 6.07) is 2.03. The number of aromatic carboxylic acids is 1. The van der Waals surface area contributed by atoms with Crippen LogP contribution in [0.4, 0.5) is 10.6 Å². The van der Waals surface area contributed by atoms with Crippen LogP contribution in [-0.4, -0.2) is 39.8 Å². The van der Waals surface area contributed by atoms with Crippen LogP contribution in [-0.2, 0) is 4.79 Å². The van der Waals surface area contributed by atoms with Gasteiger partial charge in [-0.3, -0.25) is 15.0 Å². The predicted octanol–water partition coefficient (Wildman–Crippen LogP) is -0.379. The molecule has 0 unspecified atom stereocenters. The van der Waals surface area contributed by atoms with E-state index < -0.39 is 12.0 Å². The molecule has 0 spiro atoms. The normalized spacial score (nSPS) is 15.6. The first kappa shape index (κ1) is 11.0. The zero-order valence-electron chi connectivity index (χ0n) is 8.58. The highest BCUT2D eigenvalue weighted by Crippen LogP contribution is 2.12. The van der Waals surface area contributed by atoms with E-state index in [1.807, 2.05) is 0 Å². The molecule has 0 aromatic carbocycles. The largest absolute Gasteiger partial charge is 0.476 e. The van der Waals surface area contributed by atoms with E-state index >= 15 is 0 Å². The molecular formula is C9H8N4O4. The number of nitrogens with zero attached hydrogens (tertiary/aromatic N) is 3. The van der Waals surface area contributed by atoms with Crippen LogP contribution in [0, 0.1) is 0 Å². The van der Waals surface area contributed by atoms with Gasteiger partial charge in [0.25, 0.3) is 0 Å². The van der Waals surface area contributed by atoms with Crippen molar-refractivity contribution < 1.29 is 19.5 Å². The molecule has 88 valence electrons. The van der Waals surface area contributed by atoms with Crippen LogP contribution >= 0.6 is 0 Å². The first-order chi connectivity index (χ1) is 8.08. The number of hydrogen-bond acceptors (Lipinski definition) is 5. The molecule has 17 heavy (non-hydrogen) atoms. The summed E-state index contributed by atoms with van der Waals surface area (Å²) in [7, 11) is 0. The Balaban J connectivity index is 2.20. The second kappa shape index (κ2) is 4.16. The quantitative estimate of drug-likeness (QED) is 0.723. The fourth-order valence-electron chi connectivity index (χ4n) is 1.37. The van der Waals surface area contributed by atoms with Crippen molar-refractivity contribution in [3.8, 4) is 0 Å². The number of urea groups is 1. The number of anilines is 1. The molecule has 0 saturated carbocycles. The number of nitrogens with one attached hydrogen (secondary N) is 1. The monoisotopic (exact) mass is 236 g/mol. The average molecular weight is 236 g/mol. The van der Waals surface area contributed by atoms with Crippen LogP contribution in [0.25, 0.3) is 0 Å². The van der Waals surface area contributed by atoms with Crippen LogP contribution < -0.4 is 10.2 Å². The first-order valence-electron chi connectivity index (χ1n) is 4.76. The summed E-state index contributed by atoms with van der Waals surface area (Å²) in [6.07, 6.45) is 0.175. The summed E-state index contributed by atoms with van der Waals surface area (Å²) in [5.74, 6) is -1.33. The Morgan fingerprint density at radius 2 is 2.12 bits per heavy atom. The molecule has 8 heteroatoms. The van der Waals surface area contributed by atoms with Gasteiger partial charge in [-0.15, -0.1) is 10.2 Å². The molecule has 3 amide bonds. The molecule has 1 saturated heterocycles. The molecule has 8 nitrogen and oxygen atoms in total. The van der Waals surface area contributed by atoms with Gasteiger partial charge in [-0.05, 0) is 12.1 Å². The zero-order chi connectivity index (χ0) is 12.4. The number of carbonyl (C=O) groups is 3. The van der Waals surface area contributed by atoms with Gasteiger partial charge in [0.15, 0.2) is 11.5 Å². The van der Waals surface area contributed by atoms with Crippen molar-refractivity contribution in [1.29, 1.82) is 0 Å². The Morgan fingerprint density at radius 3 is 2.65 bits per heavy atom. The topological polar surface area (TPSA) is 112 Å². The van der Waals surface area contributed by atoms with Gasteiger partial charge in [0.1, 0.15) is 0 Å². The van der Waals surface area contributed by atoms with E-state index in [0.717, 1.165) is 0 Å². The van der Waals surface area contributed by atoms with Gasteiger partial charge in [0.2, 0.25) is 5.91 Å². The van der Waals surface area contributed by atoms with Crippen molar-refractivity contribution in [2.45, 2.75) is 6.42 Å². The number of amides is 3. The standard InChI is InChI=1S/C9H8N4O4/c14-7-3-4-13(9(17)10-7)6-2-1-5(8(15)16)11-12-6/h1-2H,3-4H2,(H,15,16)(H,10,14,17). The van der Waals surface area contributed by atoms with Gasteiger partial charge < -0.3 is 5.11 Å². The molecule has 2 heterocycles. The van der Waals surface area contributed by atoms with Crippen molar-refractivity contribution in [1.82, 2.24) is 15.5 Å². The lowest BCUT2D eigenvalue weighted by Crippen LogP contribution is -2.50. The van der Waals surface area contributed by atoms with E-state index in [2.05, 4.69) is 15.5 Å². The third-order valence-electron chi connectivity index (χ3n) is 2.20. The molecule has 1 aliphatic heterocycles. The minimum atomic E-state index is -1.19. The zero-order valence-corrected chi connectivity index (χ0v) is 8.58. The van der Waals surface area contributed by atoms with Crippen molar-refractivity contribution in [2.75, 3.05) is 11.4 Å². The molecule has 2 rings (SSSR count). The summed E-state index contributed by atoms with van der Waals surface area (Å²) in [5, 5.41) is 17.8. The molecule has 1 fully saturated rings. The summed E-state index contributed by atoms with van der Waals surface area (Å²) < 4.78 is 0. The maximum absolute atomic E-state index is 11.4. The van der Waals surface area contributed by atoms with Gasteiger partial charge in [-0.2, -0.15) is 0 Å². The Bertz CT molecular complexity index is 484. The lowest BCUT2D eigenvalue weighted by molar-refractivity contribution is -0.120. The van der Waals surface area contributed by atoms with Crippen molar-refractivity contribution >= 4 is 23.7 Å². The molecule has 0 radical (unpaired) electrons. The van der Waals surface area contributed by atoms with Crippen LogP contribution in [0.5, 0.6) is 0 Å². The SMILES string of the molecule is O=C1CCN(c2ccc(C(=O)O)nn2)C(=O)N1. The molecule has 1 aromatic rings. The minimum Gasteiger partial charge on any atom is -0.476 e. The fourth-order valence-corrected chi connectivity index (χ4v) is 1.37. The third kappa shape index (κ3) is 2.19. The van der Waals surface area contributed by atoms with E-state index in [1.54, 1.807) is 0 Å². The molecule has 0 bridgehead atoms. The maximum Gasteiger partial charge on any atom is 0.356 e. The van der Waals surface area contributed by atoms with Gasteiger partial charge in [-0.1, -0.05) is 0 Å². The number of rotatable bonds is 2. The average Bonchev–Trinajstić information content (AvgIpc) is 2.29. The Kier molecular flexibility index (Phi) is 2.69. The summed E-state index contributed by atoms with van der Waals surface area (Å²) in [4.78, 5) is 34.1. The lowest BCUT2D eigenvalue weighted by atomic mass is 10.3. The highest BCUT2D eigenvalue weighted by molar-refractivity contribution is 6.05. The van der Waals surface area contributed by atoms with Crippen molar-refractivity contribution in [2.24, 2.45) is 0 Å². The molecule has 2 N–H and O–H groups in total. The van der Waals surface area contributed by atoms with E-state index in [4.69, 9.17) is 5.11 Å². The van der Waals surface area contributed by atoms with Crippen LogP contribution in [0.15, 0.2) is 12.1 Å². The second-order valence-corrected chi connectivity index (χ2v) is 3.34. The van der Waals surface area contributed by atoms with E-state index in [9.17, 15) is 14.4 Å². The number of carboxylic acids is 1. The third-order valence-corrected chi connectivity index (χ3v) is 2.20. The summed E-state index contributed by atoms with van der Waals surface area (Å²) in [5.41, 5.74) is -0.206. The lowest BCUT2D eigenvalue weighted by Gasteiger charge is -2.24. The van der Waals surface area contributed by atoms with Gasteiger partial charge in [-0.25, -0.2) is 9.59 Å². The fraction of sp³-hybridized carbons (Fsp3) is 0.222. The number of hydrogen-bond donors (Lipinski definition) is 2. The Labute approximate surface area is 95.2 Å². The summed E-state index contributed by atoms with van der Waals surface area (Å²) in [6.45, 7) is 0.200. The van der Waals surface area contributed by atoms with E-state index in [1.165, 1.54) is 17.0 Å². The van der Waals surface area contributed by atoms with Crippen molar-refractivity contribution in [3.63, 3.8) is 0 Å². The smallest absolute Gasteiger partial charge is 0.356 e. The number of aromatic nitrogens is 2. The Hall–Kier alpha value is -2.51.